The Kier molecular flexibility index (Phi) is 10.8. The highest BCUT2D eigenvalue weighted by atomic mass is 32.2. The van der Waals surface area contributed by atoms with Crippen LogP contribution in [0.15, 0.2) is 77.3 Å². The van der Waals surface area contributed by atoms with Gasteiger partial charge in [-0.3, -0.25) is 14.9 Å². The Hall–Kier alpha value is -3.79. The lowest BCUT2D eigenvalue weighted by molar-refractivity contribution is -0.431. The molecule has 2 aromatic carbocycles. The molecule has 10 heteroatoms. The number of esters is 2. The van der Waals surface area contributed by atoms with Crippen LogP contribution in [-0.4, -0.2) is 41.6 Å². The van der Waals surface area contributed by atoms with Crippen LogP contribution in [0.2, 0.25) is 0 Å². The minimum absolute atomic E-state index is 0.0957. The van der Waals surface area contributed by atoms with Gasteiger partial charge in [-0.1, -0.05) is 48.5 Å². The number of hydrogen-bond acceptors (Lipinski definition) is 9. The summed E-state index contributed by atoms with van der Waals surface area (Å²) in [6.45, 7) is 5.77. The number of thioether (sulfide) groups is 1. The van der Waals surface area contributed by atoms with Gasteiger partial charge in [0.2, 0.25) is 0 Å². The Morgan fingerprint density at radius 1 is 1.00 bits per heavy atom. The number of nitrogens with zero attached hydrogens (tertiary/aromatic N) is 1. The van der Waals surface area contributed by atoms with Gasteiger partial charge in [-0.2, -0.15) is 11.8 Å². The summed E-state index contributed by atoms with van der Waals surface area (Å²) in [5.41, 5.74) is 2.31. The monoisotopic (exact) mass is 540 g/mol. The Labute approximate surface area is 226 Å². The van der Waals surface area contributed by atoms with Crippen molar-refractivity contribution in [3.8, 4) is 5.75 Å². The van der Waals surface area contributed by atoms with Crippen LogP contribution in [-0.2, 0) is 25.7 Å². The molecule has 2 aromatic rings. The number of carbonyl (C=O) groups is 2. The van der Waals surface area contributed by atoms with Gasteiger partial charge in [0.25, 0.3) is 5.70 Å². The summed E-state index contributed by atoms with van der Waals surface area (Å²) in [5, 5.41) is 15.2. The molecule has 0 saturated heterocycles. The first-order valence-electron chi connectivity index (χ1n) is 12.3. The first kappa shape index (κ1) is 28.8. The van der Waals surface area contributed by atoms with Gasteiger partial charge in [0.1, 0.15) is 24.9 Å². The van der Waals surface area contributed by atoms with E-state index in [0.717, 1.165) is 5.56 Å². The summed E-state index contributed by atoms with van der Waals surface area (Å²) in [6, 6.07) is 16.6. The zero-order valence-corrected chi connectivity index (χ0v) is 22.5. The van der Waals surface area contributed by atoms with Crippen molar-refractivity contribution in [1.82, 2.24) is 5.32 Å². The van der Waals surface area contributed by atoms with Gasteiger partial charge >= 0.3 is 11.9 Å². The fourth-order valence-corrected chi connectivity index (χ4v) is 4.86. The zero-order chi connectivity index (χ0) is 27.5. The highest BCUT2D eigenvalue weighted by Gasteiger charge is 2.42. The van der Waals surface area contributed by atoms with Crippen molar-refractivity contribution in [1.29, 1.82) is 0 Å². The second-order valence-electron chi connectivity index (χ2n) is 8.48. The van der Waals surface area contributed by atoms with Gasteiger partial charge in [-0.15, -0.1) is 0 Å². The van der Waals surface area contributed by atoms with Crippen molar-refractivity contribution in [3.63, 3.8) is 0 Å². The summed E-state index contributed by atoms with van der Waals surface area (Å²) in [5.74, 6) is -0.428. The van der Waals surface area contributed by atoms with Crippen LogP contribution in [0, 0.1) is 10.1 Å². The Morgan fingerprint density at radius 3 is 2.42 bits per heavy atom. The molecular formula is C28H32N2O7S. The van der Waals surface area contributed by atoms with Crippen LogP contribution < -0.4 is 10.1 Å². The molecule has 0 spiro atoms. The molecule has 0 amide bonds. The number of ether oxygens (including phenoxy) is 3. The second-order valence-corrected chi connectivity index (χ2v) is 9.70. The number of nitro groups is 1. The van der Waals surface area contributed by atoms with Crippen molar-refractivity contribution in [2.45, 2.75) is 39.7 Å². The summed E-state index contributed by atoms with van der Waals surface area (Å²) in [4.78, 5) is 36.5. The number of carbonyl (C=O) groups excluding carboxylic acids is 2. The summed E-state index contributed by atoms with van der Waals surface area (Å²) in [7, 11) is 0. The highest BCUT2D eigenvalue weighted by molar-refractivity contribution is 7.99. The summed E-state index contributed by atoms with van der Waals surface area (Å²) < 4.78 is 16.5. The topological polar surface area (TPSA) is 117 Å². The fraction of sp³-hybridized carbons (Fsp3) is 0.357. The van der Waals surface area contributed by atoms with E-state index in [9.17, 15) is 19.7 Å². The first-order chi connectivity index (χ1) is 18.3. The molecular weight excluding hydrogens is 508 g/mol. The molecule has 0 saturated carbocycles. The Balaban J connectivity index is 1.80. The number of hydrogen-bond donors (Lipinski definition) is 1. The smallest absolute Gasteiger partial charge is 0.337 e. The van der Waals surface area contributed by atoms with E-state index in [1.807, 2.05) is 30.3 Å². The molecule has 1 aliphatic heterocycles. The average molecular weight is 541 g/mol. The van der Waals surface area contributed by atoms with Gasteiger partial charge in [0, 0.05) is 22.8 Å². The number of nitrogens with one attached hydrogen (secondary N) is 1. The Morgan fingerprint density at radius 2 is 1.71 bits per heavy atom. The van der Waals surface area contributed by atoms with E-state index >= 15 is 0 Å². The van der Waals surface area contributed by atoms with Gasteiger partial charge in [0.15, 0.2) is 0 Å². The molecule has 0 aliphatic carbocycles. The maximum Gasteiger partial charge on any atom is 0.337 e. The van der Waals surface area contributed by atoms with Crippen LogP contribution in [0.3, 0.4) is 0 Å². The number of rotatable bonds is 13. The maximum atomic E-state index is 13.3. The van der Waals surface area contributed by atoms with E-state index in [4.69, 9.17) is 14.2 Å². The van der Waals surface area contributed by atoms with Crippen molar-refractivity contribution in [2.75, 3.05) is 24.7 Å². The van der Waals surface area contributed by atoms with E-state index in [1.165, 1.54) is 11.8 Å². The quantitative estimate of drug-likeness (QED) is 0.163. The van der Waals surface area contributed by atoms with E-state index in [0.29, 0.717) is 40.8 Å². The third-order valence-electron chi connectivity index (χ3n) is 5.83. The lowest BCUT2D eigenvalue weighted by atomic mass is 9.83. The first-order valence-corrected chi connectivity index (χ1v) is 13.5. The lowest BCUT2D eigenvalue weighted by Gasteiger charge is -2.27. The number of para-hydroxylation sites is 1. The molecule has 202 valence electrons. The SMILES string of the molecule is CCOC(=O)CCSCCOC(=O)C1=C(C)NC(C)=C([N+](=O)[O-])C1c1ccccc1OCc1ccccc1. The lowest BCUT2D eigenvalue weighted by Crippen LogP contribution is -2.32. The average Bonchev–Trinajstić information content (AvgIpc) is 2.89. The number of allylic oxidation sites excluding steroid dienone is 3. The number of dihydropyridines is 1. The molecule has 3 rings (SSSR count). The molecule has 1 heterocycles. The van der Waals surface area contributed by atoms with Gasteiger partial charge < -0.3 is 19.5 Å². The van der Waals surface area contributed by atoms with Crippen LogP contribution in [0.4, 0.5) is 0 Å². The maximum absolute atomic E-state index is 13.3. The summed E-state index contributed by atoms with van der Waals surface area (Å²) >= 11 is 1.46. The van der Waals surface area contributed by atoms with Crippen molar-refractivity contribution >= 4 is 23.7 Å². The minimum atomic E-state index is -0.984. The molecule has 1 aliphatic rings. The predicted octanol–water partition coefficient (Wildman–Crippen LogP) is 4.96. The molecule has 1 unspecified atom stereocenters. The van der Waals surface area contributed by atoms with E-state index in [2.05, 4.69) is 5.32 Å². The van der Waals surface area contributed by atoms with Crippen LogP contribution in [0.1, 0.15) is 44.2 Å². The molecule has 0 fully saturated rings. The molecule has 0 aromatic heterocycles. The van der Waals surface area contributed by atoms with Gasteiger partial charge in [-0.25, -0.2) is 4.79 Å². The van der Waals surface area contributed by atoms with Crippen LogP contribution >= 0.6 is 11.8 Å². The third kappa shape index (κ3) is 7.61. The van der Waals surface area contributed by atoms with Crippen molar-refractivity contribution in [3.05, 3.63) is 98.5 Å². The van der Waals surface area contributed by atoms with Crippen molar-refractivity contribution < 1.29 is 28.7 Å². The van der Waals surface area contributed by atoms with Crippen LogP contribution in [0.5, 0.6) is 5.75 Å². The van der Waals surface area contributed by atoms with E-state index < -0.39 is 16.8 Å². The molecule has 0 radical (unpaired) electrons. The standard InChI is InChI=1S/C28H32N2O7S/c1-4-35-24(31)14-16-38-17-15-36-28(32)25-19(2)29-20(3)27(30(33)34)26(25)22-12-8-9-13-23(22)37-18-21-10-6-5-7-11-21/h5-13,26,29H,4,14-18H2,1-3H3. The number of benzene rings is 2. The molecule has 9 nitrogen and oxygen atoms in total. The largest absolute Gasteiger partial charge is 0.489 e. The zero-order valence-electron chi connectivity index (χ0n) is 21.7. The molecule has 1 N–H and O–H groups in total. The van der Waals surface area contributed by atoms with Crippen LogP contribution in [0.25, 0.3) is 0 Å². The van der Waals surface area contributed by atoms with Crippen molar-refractivity contribution in [2.24, 2.45) is 0 Å². The predicted molar refractivity (Wildman–Crippen MR) is 145 cm³/mol. The highest BCUT2D eigenvalue weighted by Crippen LogP contribution is 2.42. The van der Waals surface area contributed by atoms with Gasteiger partial charge in [0.05, 0.1) is 29.2 Å². The van der Waals surface area contributed by atoms with Gasteiger partial charge in [-0.05, 0) is 32.4 Å². The second kappa shape index (κ2) is 14.2. The van der Waals surface area contributed by atoms with E-state index in [-0.39, 0.29) is 36.9 Å². The summed E-state index contributed by atoms with van der Waals surface area (Å²) in [6.07, 6.45) is 0.277. The fourth-order valence-electron chi connectivity index (χ4n) is 4.15. The molecule has 1 atom stereocenters. The third-order valence-corrected chi connectivity index (χ3v) is 6.77. The van der Waals surface area contributed by atoms with E-state index in [1.54, 1.807) is 45.0 Å². The minimum Gasteiger partial charge on any atom is -0.489 e. The Bertz CT molecular complexity index is 1210. The molecule has 38 heavy (non-hydrogen) atoms. The molecule has 0 bridgehead atoms. The normalized spacial score (nSPS) is 15.1.